The van der Waals surface area contributed by atoms with Crippen molar-refractivity contribution in [2.75, 3.05) is 6.54 Å². The number of hydrogen-bond acceptors (Lipinski definition) is 2. The lowest BCUT2D eigenvalue weighted by Gasteiger charge is -2.28. The van der Waals surface area contributed by atoms with Crippen LogP contribution in [0.2, 0.25) is 0 Å². The molecule has 0 radical (unpaired) electrons. The molecule has 19 heavy (non-hydrogen) atoms. The molecule has 3 atom stereocenters. The van der Waals surface area contributed by atoms with Gasteiger partial charge in [0.15, 0.2) is 0 Å². The van der Waals surface area contributed by atoms with E-state index in [0.29, 0.717) is 0 Å². The van der Waals surface area contributed by atoms with E-state index >= 15 is 0 Å². The van der Waals surface area contributed by atoms with E-state index in [2.05, 4.69) is 52.9 Å². The van der Waals surface area contributed by atoms with Gasteiger partial charge in [-0.1, -0.05) is 35.0 Å². The van der Waals surface area contributed by atoms with E-state index in [9.17, 15) is 0 Å². The lowest BCUT2D eigenvalue weighted by Crippen LogP contribution is -2.36. The van der Waals surface area contributed by atoms with Gasteiger partial charge in [0.25, 0.3) is 0 Å². The third-order valence-electron chi connectivity index (χ3n) is 4.40. The summed E-state index contributed by atoms with van der Waals surface area (Å²) in [5.41, 5.74) is 7.56. The largest absolute Gasteiger partial charge is 0.324 e. The molecule has 1 aliphatic rings. The minimum Gasteiger partial charge on any atom is -0.324 e. The first-order valence-electron chi connectivity index (χ1n) is 7.38. The van der Waals surface area contributed by atoms with Gasteiger partial charge >= 0.3 is 0 Å². The van der Waals surface area contributed by atoms with Gasteiger partial charge in [0.05, 0.1) is 0 Å². The SMILES string of the molecule is CCC1CCC(C)N1CCC(N)c1cccc(Br)c1. The zero-order chi connectivity index (χ0) is 13.8. The zero-order valence-electron chi connectivity index (χ0n) is 12.0. The van der Waals surface area contributed by atoms with E-state index in [0.717, 1.165) is 29.5 Å². The Hall–Kier alpha value is -0.380. The molecule has 0 saturated carbocycles. The second kappa shape index (κ2) is 6.87. The highest BCUT2D eigenvalue weighted by molar-refractivity contribution is 9.10. The summed E-state index contributed by atoms with van der Waals surface area (Å²) in [7, 11) is 0. The van der Waals surface area contributed by atoms with E-state index < -0.39 is 0 Å². The molecule has 0 aliphatic carbocycles. The maximum Gasteiger partial charge on any atom is 0.0307 e. The summed E-state index contributed by atoms with van der Waals surface area (Å²) >= 11 is 3.51. The summed E-state index contributed by atoms with van der Waals surface area (Å²) in [4.78, 5) is 2.65. The number of rotatable bonds is 5. The minimum atomic E-state index is 0.141. The van der Waals surface area contributed by atoms with E-state index in [1.165, 1.54) is 24.8 Å². The standard InChI is InChI=1S/C16H25BrN2/c1-3-15-8-7-12(2)19(15)10-9-16(18)13-5-4-6-14(17)11-13/h4-6,11-12,15-16H,3,7-10,18H2,1-2H3. The summed E-state index contributed by atoms with van der Waals surface area (Å²) in [5, 5.41) is 0. The first-order valence-corrected chi connectivity index (χ1v) is 8.18. The van der Waals surface area contributed by atoms with E-state index in [1.54, 1.807) is 0 Å². The van der Waals surface area contributed by atoms with Crippen LogP contribution in [0.3, 0.4) is 0 Å². The molecule has 3 unspecified atom stereocenters. The second-order valence-electron chi connectivity index (χ2n) is 5.68. The van der Waals surface area contributed by atoms with Crippen molar-refractivity contribution in [3.63, 3.8) is 0 Å². The Morgan fingerprint density at radius 3 is 2.89 bits per heavy atom. The van der Waals surface area contributed by atoms with Crippen molar-refractivity contribution in [1.82, 2.24) is 4.90 Å². The van der Waals surface area contributed by atoms with Crippen molar-refractivity contribution in [3.05, 3.63) is 34.3 Å². The summed E-state index contributed by atoms with van der Waals surface area (Å²) in [6.07, 6.45) is 4.99. The summed E-state index contributed by atoms with van der Waals surface area (Å²) < 4.78 is 1.11. The summed E-state index contributed by atoms with van der Waals surface area (Å²) in [6.45, 7) is 5.76. The predicted molar refractivity (Wildman–Crippen MR) is 85.2 cm³/mol. The molecule has 0 spiro atoms. The number of nitrogens with zero attached hydrogens (tertiary/aromatic N) is 1. The van der Waals surface area contributed by atoms with Gasteiger partial charge in [-0.05, 0) is 50.3 Å². The van der Waals surface area contributed by atoms with Crippen molar-refractivity contribution in [1.29, 1.82) is 0 Å². The van der Waals surface area contributed by atoms with E-state index in [1.807, 2.05) is 6.07 Å². The molecule has 1 aromatic rings. The van der Waals surface area contributed by atoms with Crippen LogP contribution in [0.1, 0.15) is 51.1 Å². The summed E-state index contributed by atoms with van der Waals surface area (Å²) in [5.74, 6) is 0. The molecular weight excluding hydrogens is 300 g/mol. The Morgan fingerprint density at radius 2 is 2.21 bits per heavy atom. The van der Waals surface area contributed by atoms with Gasteiger partial charge < -0.3 is 5.73 Å². The molecule has 1 heterocycles. The lowest BCUT2D eigenvalue weighted by molar-refractivity contribution is 0.191. The topological polar surface area (TPSA) is 29.3 Å². The number of hydrogen-bond donors (Lipinski definition) is 1. The number of halogens is 1. The van der Waals surface area contributed by atoms with Crippen LogP contribution in [-0.4, -0.2) is 23.5 Å². The van der Waals surface area contributed by atoms with Crippen LogP contribution in [0.15, 0.2) is 28.7 Å². The number of nitrogens with two attached hydrogens (primary N) is 1. The highest BCUT2D eigenvalue weighted by Gasteiger charge is 2.28. The molecule has 106 valence electrons. The molecule has 2 N–H and O–H groups in total. The third kappa shape index (κ3) is 3.80. The van der Waals surface area contributed by atoms with Gasteiger partial charge in [0, 0.05) is 29.1 Å². The molecule has 0 amide bonds. The molecule has 1 aromatic carbocycles. The molecule has 2 nitrogen and oxygen atoms in total. The number of benzene rings is 1. The van der Waals surface area contributed by atoms with Crippen LogP contribution in [0.4, 0.5) is 0 Å². The Bertz CT molecular complexity index is 407. The molecule has 1 aliphatic heterocycles. The Kier molecular flexibility index (Phi) is 5.43. The molecular formula is C16H25BrN2. The molecule has 3 heteroatoms. The quantitative estimate of drug-likeness (QED) is 0.883. The zero-order valence-corrected chi connectivity index (χ0v) is 13.6. The minimum absolute atomic E-state index is 0.141. The predicted octanol–water partition coefficient (Wildman–Crippen LogP) is 4.10. The second-order valence-corrected chi connectivity index (χ2v) is 6.59. The molecule has 0 bridgehead atoms. The van der Waals surface area contributed by atoms with Gasteiger partial charge in [0.2, 0.25) is 0 Å². The van der Waals surface area contributed by atoms with Crippen LogP contribution in [0.25, 0.3) is 0 Å². The third-order valence-corrected chi connectivity index (χ3v) is 4.89. The normalized spacial score (nSPS) is 25.7. The fourth-order valence-corrected chi connectivity index (χ4v) is 3.58. The van der Waals surface area contributed by atoms with Crippen molar-refractivity contribution < 1.29 is 0 Å². The van der Waals surface area contributed by atoms with E-state index in [4.69, 9.17) is 5.73 Å². The van der Waals surface area contributed by atoms with Crippen molar-refractivity contribution in [2.45, 2.75) is 57.7 Å². The monoisotopic (exact) mass is 324 g/mol. The van der Waals surface area contributed by atoms with Gasteiger partial charge in [-0.2, -0.15) is 0 Å². The smallest absolute Gasteiger partial charge is 0.0307 e. The Balaban J connectivity index is 1.91. The van der Waals surface area contributed by atoms with Crippen molar-refractivity contribution >= 4 is 15.9 Å². The highest BCUT2D eigenvalue weighted by Crippen LogP contribution is 2.27. The summed E-state index contributed by atoms with van der Waals surface area (Å²) in [6, 6.07) is 10.0. The van der Waals surface area contributed by atoms with Crippen LogP contribution in [0, 0.1) is 0 Å². The number of likely N-dealkylation sites (tertiary alicyclic amines) is 1. The lowest BCUT2D eigenvalue weighted by atomic mass is 10.0. The van der Waals surface area contributed by atoms with Crippen molar-refractivity contribution in [3.8, 4) is 0 Å². The van der Waals surface area contributed by atoms with Crippen LogP contribution in [-0.2, 0) is 0 Å². The van der Waals surface area contributed by atoms with Crippen LogP contribution < -0.4 is 5.73 Å². The average Bonchev–Trinajstić information content (AvgIpc) is 2.76. The van der Waals surface area contributed by atoms with Crippen LogP contribution in [0.5, 0.6) is 0 Å². The molecule has 0 aromatic heterocycles. The molecule has 1 saturated heterocycles. The van der Waals surface area contributed by atoms with Gasteiger partial charge in [-0.3, -0.25) is 4.90 Å². The first kappa shape index (κ1) is 15.0. The maximum atomic E-state index is 6.33. The fourth-order valence-electron chi connectivity index (χ4n) is 3.16. The maximum absolute atomic E-state index is 6.33. The van der Waals surface area contributed by atoms with Crippen LogP contribution >= 0.6 is 15.9 Å². The Labute approximate surface area is 125 Å². The molecule has 2 rings (SSSR count). The van der Waals surface area contributed by atoms with Gasteiger partial charge in [-0.25, -0.2) is 0 Å². The molecule has 1 fully saturated rings. The first-order chi connectivity index (χ1) is 9.11. The average molecular weight is 325 g/mol. The van der Waals surface area contributed by atoms with Crippen molar-refractivity contribution in [2.24, 2.45) is 5.73 Å². The highest BCUT2D eigenvalue weighted by atomic mass is 79.9. The van der Waals surface area contributed by atoms with Gasteiger partial charge in [-0.15, -0.1) is 0 Å². The fraction of sp³-hybridized carbons (Fsp3) is 0.625. The van der Waals surface area contributed by atoms with E-state index in [-0.39, 0.29) is 6.04 Å². The Morgan fingerprint density at radius 1 is 1.42 bits per heavy atom. The van der Waals surface area contributed by atoms with Gasteiger partial charge in [0.1, 0.15) is 0 Å².